The number of rotatable bonds is 8. The highest BCUT2D eigenvalue weighted by Crippen LogP contribution is 2.31. The van der Waals surface area contributed by atoms with E-state index in [2.05, 4.69) is 32.7 Å². The van der Waals surface area contributed by atoms with E-state index >= 15 is 0 Å². The monoisotopic (exact) mass is 253 g/mol. The highest BCUT2D eigenvalue weighted by molar-refractivity contribution is 5.07. The zero-order valence-corrected chi connectivity index (χ0v) is 12.5. The molecule has 0 aromatic heterocycles. The Kier molecular flexibility index (Phi) is 7.60. The van der Waals surface area contributed by atoms with Crippen LogP contribution in [0, 0.1) is 5.92 Å². The third-order valence-corrected chi connectivity index (χ3v) is 3.95. The fourth-order valence-electron chi connectivity index (χ4n) is 3.03. The summed E-state index contributed by atoms with van der Waals surface area (Å²) < 4.78 is 6.08. The Labute approximate surface area is 113 Å². The molecule has 1 aliphatic carbocycles. The molecule has 2 unspecified atom stereocenters. The zero-order valence-electron chi connectivity index (χ0n) is 12.5. The summed E-state index contributed by atoms with van der Waals surface area (Å²) >= 11 is 0. The van der Waals surface area contributed by atoms with E-state index in [9.17, 15) is 0 Å². The molecule has 2 atom stereocenters. The van der Waals surface area contributed by atoms with Crippen molar-refractivity contribution >= 4 is 0 Å². The molecule has 0 saturated heterocycles. The average Bonchev–Trinajstić information content (AvgIpc) is 2.38. The highest BCUT2D eigenvalue weighted by Gasteiger charge is 2.31. The smallest absolute Gasteiger partial charge is 0.0794 e. The van der Waals surface area contributed by atoms with Crippen LogP contribution < -0.4 is 5.32 Å². The van der Waals surface area contributed by atoms with Gasteiger partial charge in [-0.05, 0) is 45.6 Å². The number of nitrogens with one attached hydrogen (secondary N) is 1. The predicted molar refractivity (Wildman–Crippen MR) is 78.9 cm³/mol. The van der Waals surface area contributed by atoms with E-state index in [4.69, 9.17) is 4.74 Å². The molecular weight excluding hydrogens is 222 g/mol. The molecule has 2 nitrogen and oxygen atoms in total. The lowest BCUT2D eigenvalue weighted by molar-refractivity contribution is -0.00954. The van der Waals surface area contributed by atoms with E-state index in [0.717, 1.165) is 19.6 Å². The van der Waals surface area contributed by atoms with Gasteiger partial charge in [-0.1, -0.05) is 38.3 Å². The van der Waals surface area contributed by atoms with Crippen LogP contribution in [-0.2, 0) is 4.74 Å². The molecule has 1 fully saturated rings. The first kappa shape index (κ1) is 15.7. The predicted octanol–water partition coefficient (Wildman–Crippen LogP) is 3.92. The minimum absolute atomic E-state index is 0.319. The minimum Gasteiger partial charge on any atom is -0.376 e. The minimum atomic E-state index is 0.319. The third-order valence-electron chi connectivity index (χ3n) is 3.95. The Morgan fingerprint density at radius 2 is 1.94 bits per heavy atom. The molecule has 18 heavy (non-hydrogen) atoms. The van der Waals surface area contributed by atoms with Gasteiger partial charge >= 0.3 is 0 Å². The van der Waals surface area contributed by atoms with Crippen LogP contribution in [0.2, 0.25) is 0 Å². The van der Waals surface area contributed by atoms with Crippen molar-refractivity contribution in [1.29, 1.82) is 0 Å². The van der Waals surface area contributed by atoms with Crippen molar-refractivity contribution in [3.05, 3.63) is 12.2 Å². The molecular formula is C16H31NO. The van der Waals surface area contributed by atoms with Crippen LogP contribution in [-0.4, -0.2) is 25.3 Å². The summed E-state index contributed by atoms with van der Waals surface area (Å²) in [6.45, 7) is 12.5. The molecule has 0 aliphatic heterocycles. The van der Waals surface area contributed by atoms with Crippen LogP contribution in [0.1, 0.15) is 59.3 Å². The highest BCUT2D eigenvalue weighted by atomic mass is 16.5. The Hall–Kier alpha value is -0.340. The summed E-state index contributed by atoms with van der Waals surface area (Å²) in [5.41, 5.74) is 1.22. The average molecular weight is 253 g/mol. The first-order valence-corrected chi connectivity index (χ1v) is 7.71. The maximum Gasteiger partial charge on any atom is 0.0794 e. The second-order valence-electron chi connectivity index (χ2n) is 5.60. The van der Waals surface area contributed by atoms with Crippen molar-refractivity contribution < 1.29 is 4.74 Å². The number of hydrogen-bond donors (Lipinski definition) is 1. The van der Waals surface area contributed by atoms with Crippen molar-refractivity contribution in [3.8, 4) is 0 Å². The van der Waals surface area contributed by atoms with Crippen molar-refractivity contribution in [2.24, 2.45) is 5.92 Å². The Bertz CT molecular complexity index is 233. The molecule has 2 heteroatoms. The van der Waals surface area contributed by atoms with Crippen LogP contribution in [0.5, 0.6) is 0 Å². The Morgan fingerprint density at radius 1 is 1.28 bits per heavy atom. The standard InChI is InChI=1S/C16H31NO/c1-5-12-17-15(13(3)4)16(18-6-2)14-10-8-7-9-11-14/h14-17H,3,5-12H2,1-2,4H3. The summed E-state index contributed by atoms with van der Waals surface area (Å²) in [6, 6.07) is 0.327. The quantitative estimate of drug-likeness (QED) is 0.662. The van der Waals surface area contributed by atoms with Crippen molar-refractivity contribution in [1.82, 2.24) is 5.32 Å². The van der Waals surface area contributed by atoms with Crippen molar-refractivity contribution in [2.75, 3.05) is 13.2 Å². The molecule has 0 heterocycles. The van der Waals surface area contributed by atoms with Crippen LogP contribution >= 0.6 is 0 Å². The number of hydrogen-bond acceptors (Lipinski definition) is 2. The lowest BCUT2D eigenvalue weighted by Crippen LogP contribution is -2.47. The fourth-order valence-corrected chi connectivity index (χ4v) is 3.03. The lowest BCUT2D eigenvalue weighted by atomic mass is 9.81. The Balaban J connectivity index is 2.67. The van der Waals surface area contributed by atoms with Crippen molar-refractivity contribution in [2.45, 2.75) is 71.4 Å². The van der Waals surface area contributed by atoms with Gasteiger partial charge in [-0.3, -0.25) is 0 Å². The molecule has 106 valence electrons. The van der Waals surface area contributed by atoms with Crippen molar-refractivity contribution in [3.63, 3.8) is 0 Å². The van der Waals surface area contributed by atoms with E-state index in [-0.39, 0.29) is 0 Å². The molecule has 0 radical (unpaired) electrons. The van der Waals surface area contributed by atoms with E-state index in [1.165, 1.54) is 37.7 Å². The third kappa shape index (κ3) is 4.74. The molecule has 1 N–H and O–H groups in total. The molecule has 0 spiro atoms. The van der Waals surface area contributed by atoms with Gasteiger partial charge in [-0.15, -0.1) is 0 Å². The largest absolute Gasteiger partial charge is 0.376 e. The van der Waals surface area contributed by atoms with Crippen LogP contribution in [0.15, 0.2) is 12.2 Å². The second-order valence-corrected chi connectivity index (χ2v) is 5.60. The van der Waals surface area contributed by atoms with Gasteiger partial charge in [0, 0.05) is 6.61 Å². The molecule has 0 bridgehead atoms. The van der Waals surface area contributed by atoms with Crippen LogP contribution in [0.4, 0.5) is 0 Å². The Morgan fingerprint density at radius 3 is 2.44 bits per heavy atom. The lowest BCUT2D eigenvalue weighted by Gasteiger charge is -2.36. The summed E-state index contributed by atoms with van der Waals surface area (Å²) in [5.74, 6) is 0.713. The van der Waals surface area contributed by atoms with Gasteiger partial charge in [0.1, 0.15) is 0 Å². The summed E-state index contributed by atoms with van der Waals surface area (Å²) in [5, 5.41) is 3.63. The molecule has 0 amide bonds. The summed E-state index contributed by atoms with van der Waals surface area (Å²) in [7, 11) is 0. The first-order valence-electron chi connectivity index (χ1n) is 7.71. The van der Waals surface area contributed by atoms with Gasteiger partial charge in [0.05, 0.1) is 12.1 Å². The molecule has 0 aromatic rings. The summed E-state index contributed by atoms with van der Waals surface area (Å²) in [4.78, 5) is 0. The molecule has 1 aliphatic rings. The normalized spacial score (nSPS) is 20.6. The van der Waals surface area contributed by atoms with E-state index < -0.39 is 0 Å². The maximum absolute atomic E-state index is 6.08. The van der Waals surface area contributed by atoms with Gasteiger partial charge in [0.2, 0.25) is 0 Å². The molecule has 0 aromatic carbocycles. The van der Waals surface area contributed by atoms with Gasteiger partial charge < -0.3 is 10.1 Å². The first-order chi connectivity index (χ1) is 8.70. The van der Waals surface area contributed by atoms with E-state index in [0.29, 0.717) is 18.1 Å². The SMILES string of the molecule is C=C(C)C(NCCC)C(OCC)C1CCCCC1. The molecule has 1 rings (SSSR count). The van der Waals surface area contributed by atoms with Gasteiger partial charge in [-0.2, -0.15) is 0 Å². The molecule has 1 saturated carbocycles. The van der Waals surface area contributed by atoms with Crippen LogP contribution in [0.3, 0.4) is 0 Å². The van der Waals surface area contributed by atoms with Crippen LogP contribution in [0.25, 0.3) is 0 Å². The topological polar surface area (TPSA) is 21.3 Å². The van der Waals surface area contributed by atoms with E-state index in [1.807, 2.05) is 0 Å². The second kappa shape index (κ2) is 8.71. The van der Waals surface area contributed by atoms with Gasteiger partial charge in [0.25, 0.3) is 0 Å². The number of ether oxygens (including phenoxy) is 1. The van der Waals surface area contributed by atoms with E-state index in [1.54, 1.807) is 0 Å². The van der Waals surface area contributed by atoms with Gasteiger partial charge in [-0.25, -0.2) is 0 Å². The zero-order chi connectivity index (χ0) is 13.4. The maximum atomic E-state index is 6.08. The summed E-state index contributed by atoms with van der Waals surface area (Å²) in [6.07, 6.45) is 8.25. The van der Waals surface area contributed by atoms with Gasteiger partial charge in [0.15, 0.2) is 0 Å². The fraction of sp³-hybridized carbons (Fsp3) is 0.875.